The van der Waals surface area contributed by atoms with Gasteiger partial charge in [-0.1, -0.05) is 13.0 Å². The van der Waals surface area contributed by atoms with Gasteiger partial charge in [-0.25, -0.2) is 8.78 Å². The Morgan fingerprint density at radius 1 is 1.36 bits per heavy atom. The molecule has 0 saturated carbocycles. The number of rotatable bonds is 5. The van der Waals surface area contributed by atoms with E-state index in [0.29, 0.717) is 19.6 Å². The molecule has 0 amide bonds. The SMILES string of the molecule is CCNC(=NCC1(C)COC1)NC1CCN(c2c(F)cccc2F)C1. The Bertz CT molecular complexity index is 613. The quantitative estimate of drug-likeness (QED) is 0.630. The molecule has 5 nitrogen and oxygen atoms in total. The van der Waals surface area contributed by atoms with Crippen LogP contribution < -0.4 is 15.5 Å². The highest BCUT2D eigenvalue weighted by molar-refractivity contribution is 5.80. The van der Waals surface area contributed by atoms with E-state index >= 15 is 0 Å². The van der Waals surface area contributed by atoms with Gasteiger partial charge in [0.1, 0.15) is 17.3 Å². The van der Waals surface area contributed by atoms with E-state index in [1.54, 1.807) is 4.90 Å². The smallest absolute Gasteiger partial charge is 0.191 e. The molecule has 1 atom stereocenters. The fourth-order valence-electron chi connectivity index (χ4n) is 3.20. The molecule has 0 bridgehead atoms. The summed E-state index contributed by atoms with van der Waals surface area (Å²) in [5, 5.41) is 6.63. The van der Waals surface area contributed by atoms with Gasteiger partial charge in [-0.05, 0) is 25.5 Å². The minimum atomic E-state index is -0.515. The number of benzene rings is 1. The van der Waals surface area contributed by atoms with Crippen LogP contribution in [0.15, 0.2) is 23.2 Å². The van der Waals surface area contributed by atoms with Gasteiger partial charge in [-0.2, -0.15) is 0 Å². The van der Waals surface area contributed by atoms with E-state index < -0.39 is 11.6 Å². The molecule has 138 valence electrons. The van der Waals surface area contributed by atoms with E-state index in [9.17, 15) is 8.78 Å². The molecule has 2 N–H and O–H groups in total. The van der Waals surface area contributed by atoms with Crippen molar-refractivity contribution in [2.75, 3.05) is 44.3 Å². The maximum Gasteiger partial charge on any atom is 0.191 e. The van der Waals surface area contributed by atoms with Crippen LogP contribution in [0.5, 0.6) is 0 Å². The summed E-state index contributed by atoms with van der Waals surface area (Å²) in [4.78, 5) is 6.41. The van der Waals surface area contributed by atoms with Crippen molar-refractivity contribution >= 4 is 11.6 Å². The molecule has 1 aromatic rings. The first-order chi connectivity index (χ1) is 12.0. The third kappa shape index (κ3) is 4.21. The molecule has 0 radical (unpaired) electrons. The molecule has 0 aliphatic carbocycles. The van der Waals surface area contributed by atoms with Gasteiger partial charge in [-0.15, -0.1) is 0 Å². The normalized spacial score (nSPS) is 22.6. The number of hydrogen-bond acceptors (Lipinski definition) is 3. The van der Waals surface area contributed by atoms with Gasteiger partial charge >= 0.3 is 0 Å². The number of nitrogens with one attached hydrogen (secondary N) is 2. The Morgan fingerprint density at radius 3 is 2.68 bits per heavy atom. The second-order valence-corrected chi connectivity index (χ2v) is 7.14. The molecule has 2 saturated heterocycles. The third-order valence-electron chi connectivity index (χ3n) is 4.65. The van der Waals surface area contributed by atoms with Crippen molar-refractivity contribution in [2.24, 2.45) is 10.4 Å². The van der Waals surface area contributed by atoms with E-state index in [1.807, 2.05) is 6.92 Å². The van der Waals surface area contributed by atoms with Crippen LogP contribution in [0, 0.1) is 17.0 Å². The number of halogens is 2. The van der Waals surface area contributed by atoms with Gasteiger partial charge in [0.25, 0.3) is 0 Å². The molecule has 2 heterocycles. The minimum Gasteiger partial charge on any atom is -0.380 e. The second-order valence-electron chi connectivity index (χ2n) is 7.14. The zero-order chi connectivity index (χ0) is 17.9. The van der Waals surface area contributed by atoms with Crippen LogP contribution in [0.2, 0.25) is 0 Å². The van der Waals surface area contributed by atoms with Gasteiger partial charge in [0.15, 0.2) is 5.96 Å². The standard InChI is InChI=1S/C18H26F2N4O/c1-3-21-17(22-10-18(2)11-25-12-18)23-13-7-8-24(9-13)16-14(19)5-4-6-15(16)20/h4-6,13H,3,7-12H2,1-2H3,(H2,21,22,23). The van der Waals surface area contributed by atoms with Crippen molar-refractivity contribution in [3.05, 3.63) is 29.8 Å². The van der Waals surface area contributed by atoms with Crippen LogP contribution in [0.3, 0.4) is 0 Å². The maximum absolute atomic E-state index is 14.0. The summed E-state index contributed by atoms with van der Waals surface area (Å²) in [5.74, 6) is -0.283. The number of para-hydroxylation sites is 1. The highest BCUT2D eigenvalue weighted by Crippen LogP contribution is 2.27. The molecule has 7 heteroatoms. The lowest BCUT2D eigenvalue weighted by molar-refractivity contribution is -0.0945. The van der Waals surface area contributed by atoms with Crippen molar-refractivity contribution in [2.45, 2.75) is 26.3 Å². The van der Waals surface area contributed by atoms with Crippen LogP contribution in [-0.4, -0.2) is 51.4 Å². The van der Waals surface area contributed by atoms with Gasteiger partial charge in [0, 0.05) is 31.1 Å². The lowest BCUT2D eigenvalue weighted by Gasteiger charge is -2.36. The maximum atomic E-state index is 14.0. The summed E-state index contributed by atoms with van der Waals surface area (Å²) in [6.45, 7) is 8.25. The summed E-state index contributed by atoms with van der Waals surface area (Å²) in [5.41, 5.74) is 0.174. The number of aliphatic imine (C=N–C) groups is 1. The predicted octanol–water partition coefficient (Wildman–Crippen LogP) is 2.14. The number of anilines is 1. The Kier molecular flexibility index (Phi) is 5.42. The number of ether oxygens (including phenoxy) is 1. The highest BCUT2D eigenvalue weighted by atomic mass is 19.1. The van der Waals surface area contributed by atoms with Crippen molar-refractivity contribution in [3.63, 3.8) is 0 Å². The number of guanidine groups is 1. The van der Waals surface area contributed by atoms with Gasteiger partial charge in [0.05, 0.1) is 19.8 Å². The topological polar surface area (TPSA) is 48.9 Å². The van der Waals surface area contributed by atoms with Crippen LogP contribution >= 0.6 is 0 Å². The van der Waals surface area contributed by atoms with E-state index in [2.05, 4.69) is 22.5 Å². The molecule has 3 rings (SSSR count). The van der Waals surface area contributed by atoms with Gasteiger partial charge in [-0.3, -0.25) is 4.99 Å². The zero-order valence-electron chi connectivity index (χ0n) is 14.8. The van der Waals surface area contributed by atoms with Crippen LogP contribution in [-0.2, 0) is 4.74 Å². The Morgan fingerprint density at radius 2 is 2.08 bits per heavy atom. The van der Waals surface area contributed by atoms with E-state index in [4.69, 9.17) is 4.74 Å². The number of hydrogen-bond donors (Lipinski definition) is 2. The molecule has 25 heavy (non-hydrogen) atoms. The molecular weight excluding hydrogens is 326 g/mol. The van der Waals surface area contributed by atoms with E-state index in [1.165, 1.54) is 18.2 Å². The molecule has 0 spiro atoms. The first-order valence-corrected chi connectivity index (χ1v) is 8.82. The third-order valence-corrected chi connectivity index (χ3v) is 4.65. The zero-order valence-corrected chi connectivity index (χ0v) is 14.8. The average Bonchev–Trinajstić information content (AvgIpc) is 2.99. The molecule has 1 unspecified atom stereocenters. The largest absolute Gasteiger partial charge is 0.380 e. The molecule has 2 aliphatic heterocycles. The Labute approximate surface area is 147 Å². The summed E-state index contributed by atoms with van der Waals surface area (Å²) in [6, 6.07) is 4.08. The summed E-state index contributed by atoms with van der Waals surface area (Å²) in [6.07, 6.45) is 0.804. The molecular formula is C18H26F2N4O. The van der Waals surface area contributed by atoms with Crippen molar-refractivity contribution in [1.29, 1.82) is 0 Å². The average molecular weight is 352 g/mol. The van der Waals surface area contributed by atoms with Crippen molar-refractivity contribution < 1.29 is 13.5 Å². The first-order valence-electron chi connectivity index (χ1n) is 8.82. The summed E-state index contributed by atoms with van der Waals surface area (Å²) < 4.78 is 33.2. The summed E-state index contributed by atoms with van der Waals surface area (Å²) >= 11 is 0. The molecule has 1 aromatic carbocycles. The van der Waals surface area contributed by atoms with Crippen molar-refractivity contribution in [1.82, 2.24) is 10.6 Å². The fraction of sp³-hybridized carbons (Fsp3) is 0.611. The Hall–Kier alpha value is -1.89. The summed E-state index contributed by atoms with van der Waals surface area (Å²) in [7, 11) is 0. The van der Waals surface area contributed by atoms with Crippen LogP contribution in [0.4, 0.5) is 14.5 Å². The predicted molar refractivity (Wildman–Crippen MR) is 95.0 cm³/mol. The van der Waals surface area contributed by atoms with Gasteiger partial charge in [0.2, 0.25) is 0 Å². The van der Waals surface area contributed by atoms with E-state index in [-0.39, 0.29) is 17.1 Å². The fourth-order valence-corrected chi connectivity index (χ4v) is 3.20. The van der Waals surface area contributed by atoms with Crippen LogP contribution in [0.1, 0.15) is 20.3 Å². The van der Waals surface area contributed by atoms with Gasteiger partial charge < -0.3 is 20.3 Å². The second kappa shape index (κ2) is 7.56. The first kappa shape index (κ1) is 17.9. The minimum absolute atomic E-state index is 0.0628. The van der Waals surface area contributed by atoms with E-state index in [0.717, 1.165) is 32.1 Å². The van der Waals surface area contributed by atoms with Crippen molar-refractivity contribution in [3.8, 4) is 0 Å². The molecule has 0 aromatic heterocycles. The Balaban J connectivity index is 1.61. The molecule has 2 fully saturated rings. The lowest BCUT2D eigenvalue weighted by atomic mass is 9.89. The molecule has 2 aliphatic rings. The number of nitrogens with zero attached hydrogens (tertiary/aromatic N) is 2. The van der Waals surface area contributed by atoms with Crippen LogP contribution in [0.25, 0.3) is 0 Å². The lowest BCUT2D eigenvalue weighted by Crippen LogP contribution is -2.47. The highest BCUT2D eigenvalue weighted by Gasteiger charge is 2.33. The monoisotopic (exact) mass is 352 g/mol.